The predicted molar refractivity (Wildman–Crippen MR) is 61.9 cm³/mol. The van der Waals surface area contributed by atoms with Crippen molar-refractivity contribution in [2.75, 3.05) is 5.75 Å². The van der Waals surface area contributed by atoms with Crippen LogP contribution in [0.4, 0.5) is 0 Å². The Morgan fingerprint density at radius 3 is 3.20 bits per heavy atom. The van der Waals surface area contributed by atoms with Crippen LogP contribution in [0, 0.1) is 0 Å². The molecule has 1 saturated heterocycles. The largest absolute Gasteiger partial charge is 0.337 e. The Morgan fingerprint density at radius 2 is 2.53 bits per heavy atom. The fourth-order valence-corrected chi connectivity index (χ4v) is 3.04. The molecule has 15 heavy (non-hydrogen) atoms. The van der Waals surface area contributed by atoms with Crippen molar-refractivity contribution in [1.82, 2.24) is 9.55 Å². The Morgan fingerprint density at radius 1 is 1.67 bits per heavy atom. The van der Waals surface area contributed by atoms with Gasteiger partial charge in [0.25, 0.3) is 5.56 Å². The highest BCUT2D eigenvalue weighted by atomic mass is 32.2. The van der Waals surface area contributed by atoms with Crippen molar-refractivity contribution in [3.8, 4) is 0 Å². The molecule has 1 atom stereocenters. The fourth-order valence-electron chi connectivity index (χ4n) is 1.76. The van der Waals surface area contributed by atoms with E-state index >= 15 is 0 Å². The number of hydrogen-bond acceptors (Lipinski definition) is 4. The summed E-state index contributed by atoms with van der Waals surface area (Å²) < 4.78 is 1.98. The molecule has 1 aliphatic rings. The monoisotopic (exact) mass is 225 g/mol. The molecule has 0 radical (unpaired) electrons. The Kier molecular flexibility index (Phi) is 3.43. The maximum atomic E-state index is 11.2. The van der Waals surface area contributed by atoms with Gasteiger partial charge in [0.2, 0.25) is 0 Å². The summed E-state index contributed by atoms with van der Waals surface area (Å²) in [4.78, 5) is 15.0. The first kappa shape index (κ1) is 10.7. The summed E-state index contributed by atoms with van der Waals surface area (Å²) in [7, 11) is 0. The quantitative estimate of drug-likeness (QED) is 0.818. The topological polar surface area (TPSA) is 60.9 Å². The Labute approximate surface area is 92.9 Å². The van der Waals surface area contributed by atoms with Crippen molar-refractivity contribution in [2.45, 2.75) is 31.2 Å². The summed E-state index contributed by atoms with van der Waals surface area (Å²) >= 11 is 2.00. The predicted octanol–water partition coefficient (Wildman–Crippen LogP) is 0.598. The Balaban J connectivity index is 2.11. The zero-order valence-electron chi connectivity index (χ0n) is 8.56. The van der Waals surface area contributed by atoms with Gasteiger partial charge in [0.1, 0.15) is 0 Å². The van der Waals surface area contributed by atoms with Crippen LogP contribution >= 0.6 is 11.8 Å². The summed E-state index contributed by atoms with van der Waals surface area (Å²) in [5, 5.41) is 0.667. The van der Waals surface area contributed by atoms with Crippen molar-refractivity contribution >= 4 is 11.8 Å². The molecule has 1 aromatic heterocycles. The van der Waals surface area contributed by atoms with Crippen molar-refractivity contribution in [1.29, 1.82) is 0 Å². The summed E-state index contributed by atoms with van der Waals surface area (Å²) in [6.45, 7) is 1.20. The second kappa shape index (κ2) is 4.81. The highest BCUT2D eigenvalue weighted by molar-refractivity contribution is 8.00. The van der Waals surface area contributed by atoms with Crippen molar-refractivity contribution < 1.29 is 0 Å². The number of thioether (sulfide) groups is 1. The first-order valence-electron chi connectivity index (χ1n) is 5.16. The Hall–Kier alpha value is -0.810. The molecule has 0 spiro atoms. The van der Waals surface area contributed by atoms with Gasteiger partial charge in [0, 0.05) is 30.1 Å². The van der Waals surface area contributed by atoms with Gasteiger partial charge in [-0.05, 0) is 18.6 Å². The second-order valence-corrected chi connectivity index (χ2v) is 5.15. The highest BCUT2D eigenvalue weighted by Gasteiger charge is 2.15. The van der Waals surface area contributed by atoms with Gasteiger partial charge in [0.15, 0.2) is 0 Å². The van der Waals surface area contributed by atoms with Gasteiger partial charge >= 0.3 is 0 Å². The maximum Gasteiger partial charge on any atom is 0.277 e. The molecule has 0 bridgehead atoms. The third-order valence-electron chi connectivity index (χ3n) is 2.58. The van der Waals surface area contributed by atoms with E-state index in [9.17, 15) is 4.79 Å². The minimum absolute atomic E-state index is 0.201. The molecular formula is C10H15N3OS. The number of nitrogens with zero attached hydrogens (tertiary/aromatic N) is 2. The third kappa shape index (κ3) is 2.60. The van der Waals surface area contributed by atoms with Crippen LogP contribution in [-0.2, 0) is 13.1 Å². The van der Waals surface area contributed by atoms with E-state index in [1.54, 1.807) is 6.33 Å². The van der Waals surface area contributed by atoms with E-state index in [4.69, 9.17) is 5.73 Å². The van der Waals surface area contributed by atoms with E-state index in [0.717, 1.165) is 6.54 Å². The lowest BCUT2D eigenvalue weighted by atomic mass is 10.2. The number of rotatable bonds is 3. The molecule has 5 heteroatoms. The molecule has 1 aromatic rings. The van der Waals surface area contributed by atoms with E-state index in [1.807, 2.05) is 22.5 Å². The van der Waals surface area contributed by atoms with Crippen molar-refractivity contribution in [3.05, 3.63) is 28.4 Å². The SMILES string of the molecule is NCc1cn(CC2CCCS2)cnc1=O. The van der Waals surface area contributed by atoms with Crippen LogP contribution in [-0.4, -0.2) is 20.6 Å². The highest BCUT2D eigenvalue weighted by Crippen LogP contribution is 2.27. The molecule has 2 heterocycles. The van der Waals surface area contributed by atoms with E-state index < -0.39 is 0 Å². The van der Waals surface area contributed by atoms with Gasteiger partial charge in [-0.2, -0.15) is 16.7 Å². The molecule has 0 amide bonds. The Bertz CT molecular complexity index is 384. The minimum Gasteiger partial charge on any atom is -0.337 e. The van der Waals surface area contributed by atoms with E-state index in [-0.39, 0.29) is 12.1 Å². The minimum atomic E-state index is -0.201. The first-order valence-corrected chi connectivity index (χ1v) is 6.21. The van der Waals surface area contributed by atoms with Crippen LogP contribution < -0.4 is 11.3 Å². The molecular weight excluding hydrogens is 210 g/mol. The summed E-state index contributed by atoms with van der Waals surface area (Å²) in [5.74, 6) is 1.25. The van der Waals surface area contributed by atoms with Gasteiger partial charge in [-0.1, -0.05) is 0 Å². The lowest BCUT2D eigenvalue weighted by Crippen LogP contribution is -2.21. The van der Waals surface area contributed by atoms with Gasteiger partial charge < -0.3 is 10.3 Å². The van der Waals surface area contributed by atoms with Crippen LogP contribution in [0.5, 0.6) is 0 Å². The van der Waals surface area contributed by atoms with Gasteiger partial charge in [0.05, 0.1) is 6.33 Å². The molecule has 2 rings (SSSR count). The zero-order chi connectivity index (χ0) is 10.7. The van der Waals surface area contributed by atoms with Crippen LogP contribution in [0.15, 0.2) is 17.3 Å². The second-order valence-electron chi connectivity index (χ2n) is 3.74. The summed E-state index contributed by atoms with van der Waals surface area (Å²) in [6, 6.07) is 0. The average molecular weight is 225 g/mol. The van der Waals surface area contributed by atoms with Gasteiger partial charge in [-0.3, -0.25) is 4.79 Å². The lowest BCUT2D eigenvalue weighted by molar-refractivity contribution is 0.619. The van der Waals surface area contributed by atoms with Crippen LogP contribution in [0.25, 0.3) is 0 Å². The molecule has 82 valence electrons. The van der Waals surface area contributed by atoms with Crippen molar-refractivity contribution in [2.24, 2.45) is 5.73 Å². The van der Waals surface area contributed by atoms with Gasteiger partial charge in [-0.15, -0.1) is 0 Å². The average Bonchev–Trinajstić information content (AvgIpc) is 2.73. The molecule has 0 aromatic carbocycles. The van der Waals surface area contributed by atoms with E-state index in [1.165, 1.54) is 18.6 Å². The molecule has 2 N–H and O–H groups in total. The number of hydrogen-bond donors (Lipinski definition) is 1. The molecule has 0 saturated carbocycles. The van der Waals surface area contributed by atoms with Crippen molar-refractivity contribution in [3.63, 3.8) is 0 Å². The molecule has 1 aliphatic heterocycles. The summed E-state index contributed by atoms with van der Waals surface area (Å²) in [5.41, 5.74) is 5.87. The van der Waals surface area contributed by atoms with Crippen LogP contribution in [0.2, 0.25) is 0 Å². The fraction of sp³-hybridized carbons (Fsp3) is 0.600. The molecule has 4 nitrogen and oxygen atoms in total. The molecule has 1 unspecified atom stereocenters. The molecule has 1 fully saturated rings. The van der Waals surface area contributed by atoms with E-state index in [2.05, 4.69) is 4.98 Å². The summed E-state index contributed by atoms with van der Waals surface area (Å²) in [6.07, 6.45) is 6.00. The van der Waals surface area contributed by atoms with Crippen LogP contribution in [0.1, 0.15) is 18.4 Å². The molecule has 0 aliphatic carbocycles. The zero-order valence-corrected chi connectivity index (χ0v) is 9.37. The number of aromatic nitrogens is 2. The van der Waals surface area contributed by atoms with E-state index in [0.29, 0.717) is 10.8 Å². The lowest BCUT2D eigenvalue weighted by Gasteiger charge is -2.11. The standard InChI is InChI=1S/C10H15N3OS/c11-4-8-5-13(7-12-10(8)14)6-9-2-1-3-15-9/h5,7,9H,1-4,6,11H2. The first-order chi connectivity index (χ1) is 7.29. The number of nitrogens with two attached hydrogens (primary N) is 1. The van der Waals surface area contributed by atoms with Gasteiger partial charge in [-0.25, -0.2) is 0 Å². The smallest absolute Gasteiger partial charge is 0.277 e. The normalized spacial score (nSPS) is 20.7. The van der Waals surface area contributed by atoms with Crippen LogP contribution in [0.3, 0.4) is 0 Å². The maximum absolute atomic E-state index is 11.2. The third-order valence-corrected chi connectivity index (χ3v) is 3.96.